The fourth-order valence-electron chi connectivity index (χ4n) is 0.850. The summed E-state index contributed by atoms with van der Waals surface area (Å²) >= 11 is 11.3. The second-order valence-corrected chi connectivity index (χ2v) is 4.76. The summed E-state index contributed by atoms with van der Waals surface area (Å²) in [6.07, 6.45) is 0. The van der Waals surface area contributed by atoms with Crippen molar-refractivity contribution in [2.45, 2.75) is 5.75 Å². The zero-order chi connectivity index (χ0) is 10.1. The Morgan fingerprint density at radius 1 is 1.36 bits per heavy atom. The third-order valence-corrected chi connectivity index (χ3v) is 2.63. The van der Waals surface area contributed by atoms with Gasteiger partial charge in [-0.2, -0.15) is 8.42 Å². The Labute approximate surface area is 111 Å². The Kier molecular flexibility index (Phi) is 5.72. The Morgan fingerprint density at radius 2 is 1.93 bits per heavy atom. The van der Waals surface area contributed by atoms with Gasteiger partial charge in [0.1, 0.15) is 5.75 Å². The molecule has 76 valence electrons. The molecule has 0 radical (unpaired) electrons. The summed E-state index contributed by atoms with van der Waals surface area (Å²) < 4.78 is 29.6. The summed E-state index contributed by atoms with van der Waals surface area (Å²) in [6, 6.07) is 4.42. The fourth-order valence-corrected chi connectivity index (χ4v) is 1.94. The molecule has 0 aliphatic rings. The Hall–Kier alpha value is 0.476. The molecule has 0 aromatic heterocycles. The van der Waals surface area contributed by atoms with Gasteiger partial charge in [0.2, 0.25) is 0 Å². The third kappa shape index (κ3) is 4.81. The van der Waals surface area contributed by atoms with Crippen LogP contribution in [0.3, 0.4) is 0 Å². The second kappa shape index (κ2) is 5.53. The van der Waals surface area contributed by atoms with Gasteiger partial charge in [-0.1, -0.05) is 23.2 Å². The van der Waals surface area contributed by atoms with Gasteiger partial charge in [-0.3, -0.25) is 4.55 Å². The van der Waals surface area contributed by atoms with Crippen LogP contribution in [-0.2, 0) is 15.9 Å². The molecule has 0 saturated carbocycles. The molecule has 0 heterocycles. The van der Waals surface area contributed by atoms with E-state index in [4.69, 9.17) is 27.8 Å². The minimum Gasteiger partial charge on any atom is -1.00 e. The Bertz CT molecular complexity index is 428. The van der Waals surface area contributed by atoms with Crippen molar-refractivity contribution in [2.24, 2.45) is 0 Å². The molecule has 1 aromatic carbocycles. The summed E-state index contributed by atoms with van der Waals surface area (Å²) in [5, 5.41) is 0.644. The maximum atomic E-state index is 10.5. The first-order chi connectivity index (χ1) is 5.88. The predicted molar refractivity (Wildman–Crippen MR) is 59.7 cm³/mol. The molecule has 0 spiro atoms. The van der Waals surface area contributed by atoms with E-state index in [2.05, 4.69) is 0 Å². The minimum absolute atomic E-state index is 0. The van der Waals surface area contributed by atoms with E-state index in [1.807, 2.05) is 0 Å². The van der Waals surface area contributed by atoms with Gasteiger partial charge in [-0.05, 0) is 23.8 Å². The normalized spacial score (nSPS) is 10.8. The van der Waals surface area contributed by atoms with Gasteiger partial charge >= 0.3 is 23.1 Å². The summed E-state index contributed by atoms with van der Waals surface area (Å²) in [4.78, 5) is 0. The summed E-state index contributed by atoms with van der Waals surface area (Å²) in [5.41, 5.74) is 0.289. The smallest absolute Gasteiger partial charge is 1.00 e. The standard InChI is InChI=1S/C7H6Cl2O3S.Mg.2H/c8-6-1-2-7(9)5(3-6)4-13(10,11)12;;;/h1-3H,4H2,(H,10,11,12);;;/q;+2;2*-1. The SMILES string of the molecule is O=S(=O)(O)Cc1cc(Cl)ccc1Cl.[H-].[H-].[Mg+2]. The van der Waals surface area contributed by atoms with E-state index >= 15 is 0 Å². The van der Waals surface area contributed by atoms with Gasteiger partial charge in [0, 0.05) is 10.0 Å². The molecule has 0 aliphatic carbocycles. The molecule has 7 heteroatoms. The molecular formula is C7H8Cl2MgO3S. The van der Waals surface area contributed by atoms with Gasteiger partial charge in [0.05, 0.1) is 0 Å². The van der Waals surface area contributed by atoms with E-state index in [0.717, 1.165) is 0 Å². The molecule has 14 heavy (non-hydrogen) atoms. The van der Waals surface area contributed by atoms with Crippen LogP contribution in [0.25, 0.3) is 0 Å². The molecule has 0 bridgehead atoms. The Morgan fingerprint density at radius 3 is 2.43 bits per heavy atom. The van der Waals surface area contributed by atoms with Gasteiger partial charge in [0.25, 0.3) is 10.1 Å². The maximum Gasteiger partial charge on any atom is 2.00 e. The van der Waals surface area contributed by atoms with Crippen molar-refractivity contribution in [1.29, 1.82) is 0 Å². The fraction of sp³-hybridized carbons (Fsp3) is 0.143. The Balaban J connectivity index is -0.000000563. The molecule has 0 unspecified atom stereocenters. The van der Waals surface area contributed by atoms with Gasteiger partial charge in [-0.25, -0.2) is 0 Å². The van der Waals surface area contributed by atoms with E-state index in [-0.39, 0.29) is 36.5 Å². The van der Waals surface area contributed by atoms with Gasteiger partial charge in [-0.15, -0.1) is 0 Å². The largest absolute Gasteiger partial charge is 2.00 e. The molecule has 0 atom stereocenters. The molecule has 0 fully saturated rings. The van der Waals surface area contributed by atoms with E-state index in [1.165, 1.54) is 18.2 Å². The second-order valence-electron chi connectivity index (χ2n) is 2.46. The zero-order valence-corrected chi connectivity index (χ0v) is 10.8. The number of rotatable bonds is 2. The van der Waals surface area contributed by atoms with Crippen molar-refractivity contribution in [3.63, 3.8) is 0 Å². The van der Waals surface area contributed by atoms with Crippen molar-refractivity contribution < 1.29 is 15.8 Å². The average Bonchev–Trinajstić information content (AvgIpc) is 1.94. The maximum absolute atomic E-state index is 10.5. The molecule has 0 amide bonds. The average molecular weight is 267 g/mol. The summed E-state index contributed by atoms with van der Waals surface area (Å²) in [7, 11) is -4.06. The van der Waals surface area contributed by atoms with E-state index in [0.29, 0.717) is 5.02 Å². The first-order valence-electron chi connectivity index (χ1n) is 3.27. The number of hydrogen-bond acceptors (Lipinski definition) is 2. The van der Waals surface area contributed by atoms with Gasteiger partial charge < -0.3 is 2.85 Å². The first kappa shape index (κ1) is 14.5. The van der Waals surface area contributed by atoms with Crippen LogP contribution in [0.15, 0.2) is 18.2 Å². The van der Waals surface area contributed by atoms with E-state index in [9.17, 15) is 8.42 Å². The van der Waals surface area contributed by atoms with Crippen LogP contribution in [0.2, 0.25) is 10.0 Å². The minimum atomic E-state index is -4.06. The quantitative estimate of drug-likeness (QED) is 0.660. The summed E-state index contributed by atoms with van der Waals surface area (Å²) in [6.45, 7) is 0. The van der Waals surface area contributed by atoms with Crippen LogP contribution in [-0.4, -0.2) is 36.0 Å². The molecular weight excluding hydrogens is 259 g/mol. The monoisotopic (exact) mass is 266 g/mol. The summed E-state index contributed by atoms with van der Waals surface area (Å²) in [5.74, 6) is -0.521. The van der Waals surface area contributed by atoms with Crippen LogP contribution in [0.5, 0.6) is 0 Å². The molecule has 1 N–H and O–H groups in total. The van der Waals surface area contributed by atoms with Crippen molar-refractivity contribution >= 4 is 56.4 Å². The van der Waals surface area contributed by atoms with E-state index in [1.54, 1.807) is 0 Å². The van der Waals surface area contributed by atoms with Gasteiger partial charge in [0.15, 0.2) is 0 Å². The van der Waals surface area contributed by atoms with Crippen LogP contribution in [0, 0.1) is 0 Å². The van der Waals surface area contributed by atoms with Crippen molar-refractivity contribution in [3.8, 4) is 0 Å². The van der Waals surface area contributed by atoms with Crippen molar-refractivity contribution in [1.82, 2.24) is 0 Å². The molecule has 1 rings (SSSR count). The predicted octanol–water partition coefficient (Wildman–Crippen LogP) is 2.23. The third-order valence-electron chi connectivity index (χ3n) is 1.35. The molecule has 0 saturated heterocycles. The van der Waals surface area contributed by atoms with Crippen LogP contribution in [0.1, 0.15) is 8.42 Å². The van der Waals surface area contributed by atoms with Crippen molar-refractivity contribution in [3.05, 3.63) is 33.8 Å². The topological polar surface area (TPSA) is 54.4 Å². The van der Waals surface area contributed by atoms with Crippen LogP contribution in [0.4, 0.5) is 0 Å². The van der Waals surface area contributed by atoms with E-state index < -0.39 is 15.9 Å². The first-order valence-corrected chi connectivity index (χ1v) is 5.64. The number of benzene rings is 1. The molecule has 1 aromatic rings. The number of halogens is 2. The van der Waals surface area contributed by atoms with Crippen LogP contribution >= 0.6 is 23.2 Å². The van der Waals surface area contributed by atoms with Crippen molar-refractivity contribution in [2.75, 3.05) is 0 Å². The zero-order valence-electron chi connectivity index (χ0n) is 9.07. The molecule has 0 aliphatic heterocycles. The number of hydrogen-bond donors (Lipinski definition) is 1. The van der Waals surface area contributed by atoms with Crippen LogP contribution < -0.4 is 0 Å². The molecule has 3 nitrogen and oxygen atoms in total.